The summed E-state index contributed by atoms with van der Waals surface area (Å²) in [5.74, 6) is -0.121. The molecule has 0 saturated heterocycles. The largest absolute Gasteiger partial charge is 0.352 e. The predicted octanol–water partition coefficient (Wildman–Crippen LogP) is 6.33. The number of hydrogen-bond acceptors (Lipinski definition) is 2. The van der Waals surface area contributed by atoms with Crippen molar-refractivity contribution in [3.63, 3.8) is 0 Å². The Hall–Kier alpha value is -3.92. The highest BCUT2D eigenvalue weighted by atomic mass is 16.2. The molecule has 4 aromatic carbocycles. The van der Waals surface area contributed by atoms with Gasteiger partial charge >= 0.3 is 0 Å². The van der Waals surface area contributed by atoms with Crippen LogP contribution >= 0.6 is 0 Å². The van der Waals surface area contributed by atoms with Crippen molar-refractivity contribution in [3.05, 3.63) is 120 Å². The van der Waals surface area contributed by atoms with Gasteiger partial charge in [0.25, 0.3) is 0 Å². The van der Waals surface area contributed by atoms with E-state index < -0.39 is 6.04 Å². The molecule has 0 radical (unpaired) electrons. The lowest BCUT2D eigenvalue weighted by molar-refractivity contribution is -0.141. The number of nitrogens with one attached hydrogen (secondary N) is 1. The average Bonchev–Trinajstić information content (AvgIpc) is 2.94. The van der Waals surface area contributed by atoms with Gasteiger partial charge in [-0.2, -0.15) is 0 Å². The molecule has 0 heterocycles. The Balaban J connectivity index is 1.63. The first-order valence-electron chi connectivity index (χ1n) is 13.2. The molecule has 0 aliphatic carbocycles. The smallest absolute Gasteiger partial charge is 0.243 e. The van der Waals surface area contributed by atoms with Crippen molar-refractivity contribution in [3.8, 4) is 0 Å². The molecule has 0 saturated carbocycles. The number of fused-ring (bicyclic) bond motifs is 1. The molecule has 2 amide bonds. The van der Waals surface area contributed by atoms with Crippen LogP contribution in [-0.4, -0.2) is 28.8 Å². The predicted molar refractivity (Wildman–Crippen MR) is 151 cm³/mol. The van der Waals surface area contributed by atoms with Crippen molar-refractivity contribution >= 4 is 22.6 Å². The normalized spacial score (nSPS) is 12.6. The van der Waals surface area contributed by atoms with E-state index >= 15 is 0 Å². The van der Waals surface area contributed by atoms with E-state index in [4.69, 9.17) is 0 Å². The maximum atomic E-state index is 13.9. The van der Waals surface area contributed by atoms with Gasteiger partial charge in [0, 0.05) is 25.4 Å². The van der Waals surface area contributed by atoms with Crippen LogP contribution in [0.5, 0.6) is 0 Å². The second-order valence-corrected chi connectivity index (χ2v) is 9.67. The molecule has 37 heavy (non-hydrogen) atoms. The third-order valence-corrected chi connectivity index (χ3v) is 6.96. The standard InChI is InChI=1S/C33H36N2O2/c1-3-25(2)34-33(37)31(23-26-13-6-4-7-14-26)35(24-27-15-8-5-9-16-27)32(36)22-21-29-19-12-18-28-17-10-11-20-30(28)29/h4-20,25,31H,3,21-24H2,1-2H3,(H,34,37)/t25-,31+/m1/s1. The van der Waals surface area contributed by atoms with Crippen molar-refractivity contribution < 1.29 is 9.59 Å². The molecule has 4 nitrogen and oxygen atoms in total. The van der Waals surface area contributed by atoms with Gasteiger partial charge in [-0.15, -0.1) is 0 Å². The van der Waals surface area contributed by atoms with Gasteiger partial charge < -0.3 is 10.2 Å². The first-order chi connectivity index (χ1) is 18.0. The van der Waals surface area contributed by atoms with Gasteiger partial charge in [-0.1, -0.05) is 110 Å². The summed E-state index contributed by atoms with van der Waals surface area (Å²) in [7, 11) is 0. The molecule has 2 atom stereocenters. The van der Waals surface area contributed by atoms with Gasteiger partial charge in [-0.25, -0.2) is 0 Å². The first kappa shape index (κ1) is 26.2. The Bertz CT molecular complexity index is 1300. The number of aryl methyl sites for hydroxylation is 1. The van der Waals surface area contributed by atoms with E-state index in [2.05, 4.69) is 29.6 Å². The van der Waals surface area contributed by atoms with Crippen LogP contribution in [0.2, 0.25) is 0 Å². The van der Waals surface area contributed by atoms with Crippen LogP contribution in [0.25, 0.3) is 10.8 Å². The molecule has 4 rings (SSSR count). The summed E-state index contributed by atoms with van der Waals surface area (Å²) >= 11 is 0. The lowest BCUT2D eigenvalue weighted by atomic mass is 9.99. The number of benzene rings is 4. The lowest BCUT2D eigenvalue weighted by Crippen LogP contribution is -2.52. The fraction of sp³-hybridized carbons (Fsp3) is 0.273. The highest BCUT2D eigenvalue weighted by Crippen LogP contribution is 2.22. The average molecular weight is 493 g/mol. The molecular weight excluding hydrogens is 456 g/mol. The number of hydrogen-bond donors (Lipinski definition) is 1. The molecule has 0 bridgehead atoms. The molecule has 0 aliphatic heterocycles. The van der Waals surface area contributed by atoms with Crippen LogP contribution in [-0.2, 0) is 29.0 Å². The summed E-state index contributed by atoms with van der Waals surface area (Å²) in [6.45, 7) is 4.44. The van der Waals surface area contributed by atoms with Gasteiger partial charge in [-0.05, 0) is 47.2 Å². The maximum absolute atomic E-state index is 13.9. The Labute approximate surface area is 220 Å². The van der Waals surface area contributed by atoms with Crippen LogP contribution < -0.4 is 5.32 Å². The van der Waals surface area contributed by atoms with E-state index in [-0.39, 0.29) is 17.9 Å². The molecule has 4 heteroatoms. The molecule has 1 N–H and O–H groups in total. The number of carbonyl (C=O) groups is 2. The molecule has 0 unspecified atom stereocenters. The topological polar surface area (TPSA) is 49.4 Å². The molecule has 0 spiro atoms. The zero-order valence-corrected chi connectivity index (χ0v) is 21.8. The Morgan fingerprint density at radius 2 is 1.41 bits per heavy atom. The number of carbonyl (C=O) groups excluding carboxylic acids is 2. The summed E-state index contributed by atoms with van der Waals surface area (Å²) in [4.78, 5) is 29.3. The first-order valence-corrected chi connectivity index (χ1v) is 13.2. The monoisotopic (exact) mass is 492 g/mol. The molecular formula is C33H36N2O2. The highest BCUT2D eigenvalue weighted by molar-refractivity contribution is 5.89. The third kappa shape index (κ3) is 7.07. The molecule has 0 aromatic heterocycles. The van der Waals surface area contributed by atoms with Gasteiger partial charge in [0.2, 0.25) is 11.8 Å². The zero-order chi connectivity index (χ0) is 26.0. The van der Waals surface area contributed by atoms with Crippen molar-refractivity contribution in [1.82, 2.24) is 10.2 Å². The minimum atomic E-state index is -0.600. The van der Waals surface area contributed by atoms with E-state index in [0.717, 1.165) is 23.1 Å². The van der Waals surface area contributed by atoms with E-state index in [1.54, 1.807) is 4.90 Å². The van der Waals surface area contributed by atoms with Crippen molar-refractivity contribution in [2.45, 2.75) is 58.2 Å². The van der Waals surface area contributed by atoms with Crippen LogP contribution in [0.3, 0.4) is 0 Å². The van der Waals surface area contributed by atoms with Gasteiger partial charge in [-0.3, -0.25) is 9.59 Å². The van der Waals surface area contributed by atoms with Crippen molar-refractivity contribution in [2.75, 3.05) is 0 Å². The summed E-state index contributed by atoms with van der Waals surface area (Å²) in [5, 5.41) is 5.48. The maximum Gasteiger partial charge on any atom is 0.243 e. The van der Waals surface area contributed by atoms with Crippen LogP contribution in [0, 0.1) is 0 Å². The molecule has 0 aliphatic rings. The third-order valence-electron chi connectivity index (χ3n) is 6.96. The van der Waals surface area contributed by atoms with E-state index in [9.17, 15) is 9.59 Å². The summed E-state index contributed by atoms with van der Waals surface area (Å²) in [6, 6.07) is 33.8. The summed E-state index contributed by atoms with van der Waals surface area (Å²) < 4.78 is 0. The number of amides is 2. The van der Waals surface area contributed by atoms with Gasteiger partial charge in [0.15, 0.2) is 0 Å². The second-order valence-electron chi connectivity index (χ2n) is 9.67. The zero-order valence-electron chi connectivity index (χ0n) is 21.8. The fourth-order valence-electron chi connectivity index (χ4n) is 4.67. The minimum absolute atomic E-state index is 0.0166. The van der Waals surface area contributed by atoms with Gasteiger partial charge in [0.05, 0.1) is 0 Å². The fourth-order valence-corrected chi connectivity index (χ4v) is 4.67. The SMILES string of the molecule is CC[C@@H](C)NC(=O)[C@H](Cc1ccccc1)N(Cc1ccccc1)C(=O)CCc1cccc2ccccc12. The Kier molecular flexibility index (Phi) is 9.09. The van der Waals surface area contributed by atoms with Crippen LogP contribution in [0.4, 0.5) is 0 Å². The second kappa shape index (κ2) is 12.9. The Morgan fingerprint density at radius 3 is 2.11 bits per heavy atom. The molecule has 0 fully saturated rings. The number of rotatable bonds is 11. The lowest BCUT2D eigenvalue weighted by Gasteiger charge is -2.32. The Morgan fingerprint density at radius 1 is 0.784 bits per heavy atom. The van der Waals surface area contributed by atoms with E-state index in [0.29, 0.717) is 25.8 Å². The van der Waals surface area contributed by atoms with Crippen molar-refractivity contribution in [2.24, 2.45) is 0 Å². The van der Waals surface area contributed by atoms with Crippen LogP contribution in [0.1, 0.15) is 43.4 Å². The summed E-state index contributed by atoms with van der Waals surface area (Å²) in [5.41, 5.74) is 3.19. The van der Waals surface area contributed by atoms with Gasteiger partial charge in [0.1, 0.15) is 6.04 Å². The quantitative estimate of drug-likeness (QED) is 0.266. The molecule has 4 aromatic rings. The minimum Gasteiger partial charge on any atom is -0.352 e. The highest BCUT2D eigenvalue weighted by Gasteiger charge is 2.30. The summed E-state index contributed by atoms with van der Waals surface area (Å²) in [6.07, 6.45) is 2.26. The van der Waals surface area contributed by atoms with Crippen LogP contribution in [0.15, 0.2) is 103 Å². The van der Waals surface area contributed by atoms with E-state index in [1.165, 1.54) is 10.8 Å². The van der Waals surface area contributed by atoms with Crippen molar-refractivity contribution in [1.29, 1.82) is 0 Å². The molecule has 190 valence electrons. The number of nitrogens with zero attached hydrogens (tertiary/aromatic N) is 1. The van der Waals surface area contributed by atoms with E-state index in [1.807, 2.05) is 92.7 Å².